The van der Waals surface area contributed by atoms with E-state index in [1.165, 1.54) is 29.2 Å². The number of likely N-dealkylation sites (tertiary alicyclic amines) is 1. The SMILES string of the molecule is CC(C)Oc1ccc([C@@H]2/C(=C(\O)c3ccc(F)cc3)C(=O)C(=O)N2CCN(C)C)cc1. The number of halogens is 1. The number of benzene rings is 2. The summed E-state index contributed by atoms with van der Waals surface area (Å²) in [6.07, 6.45) is 0.00931. The third-order valence-corrected chi connectivity index (χ3v) is 5.01. The molecular formula is C24H27FN2O4. The number of ketones is 1. The van der Waals surface area contributed by atoms with Crippen LogP contribution in [0, 0.1) is 5.82 Å². The Morgan fingerprint density at radius 1 is 1.10 bits per heavy atom. The molecule has 0 spiro atoms. The third kappa shape index (κ3) is 4.94. The van der Waals surface area contributed by atoms with Crippen molar-refractivity contribution >= 4 is 17.4 Å². The Morgan fingerprint density at radius 2 is 1.71 bits per heavy atom. The van der Waals surface area contributed by atoms with Gasteiger partial charge in [-0.2, -0.15) is 0 Å². The summed E-state index contributed by atoms with van der Waals surface area (Å²) >= 11 is 0. The predicted molar refractivity (Wildman–Crippen MR) is 116 cm³/mol. The lowest BCUT2D eigenvalue weighted by Crippen LogP contribution is -2.35. The Bertz CT molecular complexity index is 982. The second-order valence-corrected chi connectivity index (χ2v) is 8.04. The smallest absolute Gasteiger partial charge is 0.295 e. The molecular weight excluding hydrogens is 399 g/mol. The molecule has 0 unspecified atom stereocenters. The van der Waals surface area contributed by atoms with E-state index in [4.69, 9.17) is 4.74 Å². The molecule has 0 aliphatic carbocycles. The normalized spacial score (nSPS) is 18.3. The van der Waals surface area contributed by atoms with Gasteiger partial charge in [-0.3, -0.25) is 9.59 Å². The summed E-state index contributed by atoms with van der Waals surface area (Å²) in [5.74, 6) is -1.54. The molecule has 1 N–H and O–H groups in total. The quantitative estimate of drug-likeness (QED) is 0.416. The average molecular weight is 426 g/mol. The van der Waals surface area contributed by atoms with Gasteiger partial charge in [0.2, 0.25) is 0 Å². The van der Waals surface area contributed by atoms with Crippen LogP contribution >= 0.6 is 0 Å². The van der Waals surface area contributed by atoms with Crippen LogP contribution in [0.2, 0.25) is 0 Å². The van der Waals surface area contributed by atoms with Gasteiger partial charge in [-0.25, -0.2) is 4.39 Å². The van der Waals surface area contributed by atoms with E-state index in [2.05, 4.69) is 0 Å². The van der Waals surface area contributed by atoms with Crippen LogP contribution in [0.5, 0.6) is 5.75 Å². The Kier molecular flexibility index (Phi) is 6.75. The first-order valence-electron chi connectivity index (χ1n) is 10.1. The molecule has 2 aromatic rings. The summed E-state index contributed by atoms with van der Waals surface area (Å²) in [4.78, 5) is 29.1. The largest absolute Gasteiger partial charge is 0.507 e. The fourth-order valence-corrected chi connectivity index (χ4v) is 3.53. The van der Waals surface area contributed by atoms with E-state index in [1.54, 1.807) is 24.3 Å². The molecule has 1 saturated heterocycles. The van der Waals surface area contributed by atoms with Gasteiger partial charge in [-0.1, -0.05) is 12.1 Å². The summed E-state index contributed by atoms with van der Waals surface area (Å²) in [5.41, 5.74) is 0.947. The molecule has 1 atom stereocenters. The molecule has 1 fully saturated rings. The van der Waals surface area contributed by atoms with E-state index < -0.39 is 23.5 Å². The van der Waals surface area contributed by atoms with Crippen molar-refractivity contribution in [1.29, 1.82) is 0 Å². The molecule has 164 valence electrons. The summed E-state index contributed by atoms with van der Waals surface area (Å²) in [6.45, 7) is 4.71. The highest BCUT2D eigenvalue weighted by Crippen LogP contribution is 2.39. The number of ether oxygens (including phenoxy) is 1. The summed E-state index contributed by atoms with van der Waals surface area (Å²) in [5, 5.41) is 10.9. The number of Topliss-reactive ketones (excluding diaryl/α,β-unsaturated/α-hetero) is 1. The van der Waals surface area contributed by atoms with Crippen molar-refractivity contribution in [2.24, 2.45) is 0 Å². The molecule has 2 aromatic carbocycles. The van der Waals surface area contributed by atoms with Crippen molar-refractivity contribution in [2.45, 2.75) is 26.0 Å². The van der Waals surface area contributed by atoms with E-state index in [1.807, 2.05) is 32.8 Å². The molecule has 7 heteroatoms. The number of carbonyl (C=O) groups is 2. The summed E-state index contributed by atoms with van der Waals surface area (Å²) in [6, 6.07) is 11.5. The van der Waals surface area contributed by atoms with Crippen molar-refractivity contribution in [2.75, 3.05) is 27.2 Å². The zero-order valence-electron chi connectivity index (χ0n) is 18.1. The zero-order chi connectivity index (χ0) is 22.7. The number of aliphatic hydroxyl groups is 1. The van der Waals surface area contributed by atoms with Gasteiger partial charge in [0.15, 0.2) is 0 Å². The molecule has 0 saturated carbocycles. The monoisotopic (exact) mass is 426 g/mol. The fraction of sp³-hybridized carbons (Fsp3) is 0.333. The second kappa shape index (κ2) is 9.31. The lowest BCUT2D eigenvalue weighted by molar-refractivity contribution is -0.140. The molecule has 0 bridgehead atoms. The summed E-state index contributed by atoms with van der Waals surface area (Å²) in [7, 11) is 3.75. The van der Waals surface area contributed by atoms with Crippen molar-refractivity contribution in [3.63, 3.8) is 0 Å². The van der Waals surface area contributed by atoms with Crippen molar-refractivity contribution in [1.82, 2.24) is 9.80 Å². The highest BCUT2D eigenvalue weighted by Gasteiger charge is 2.45. The van der Waals surface area contributed by atoms with Crippen molar-refractivity contribution in [3.8, 4) is 5.75 Å². The molecule has 0 radical (unpaired) electrons. The van der Waals surface area contributed by atoms with Gasteiger partial charge >= 0.3 is 0 Å². The van der Waals surface area contributed by atoms with Crippen LogP contribution in [0.4, 0.5) is 4.39 Å². The van der Waals surface area contributed by atoms with Crippen LogP contribution in [0.3, 0.4) is 0 Å². The molecule has 3 rings (SSSR count). The molecule has 1 aliphatic rings. The maximum Gasteiger partial charge on any atom is 0.295 e. The average Bonchev–Trinajstić information content (AvgIpc) is 2.97. The zero-order valence-corrected chi connectivity index (χ0v) is 18.1. The minimum atomic E-state index is -0.756. The van der Waals surface area contributed by atoms with E-state index in [0.29, 0.717) is 24.4 Å². The molecule has 31 heavy (non-hydrogen) atoms. The minimum absolute atomic E-state index is 0.00658. The number of carbonyl (C=O) groups excluding carboxylic acids is 2. The first-order chi connectivity index (χ1) is 14.7. The van der Waals surface area contributed by atoms with Crippen LogP contribution in [0.25, 0.3) is 5.76 Å². The number of rotatable bonds is 7. The lowest BCUT2D eigenvalue weighted by atomic mass is 9.95. The summed E-state index contributed by atoms with van der Waals surface area (Å²) < 4.78 is 19.0. The molecule has 1 heterocycles. The molecule has 6 nitrogen and oxygen atoms in total. The maximum atomic E-state index is 13.3. The minimum Gasteiger partial charge on any atom is -0.507 e. The molecule has 0 aromatic heterocycles. The van der Waals surface area contributed by atoms with Crippen molar-refractivity contribution in [3.05, 3.63) is 71.0 Å². The second-order valence-electron chi connectivity index (χ2n) is 8.04. The lowest BCUT2D eigenvalue weighted by Gasteiger charge is -2.26. The fourth-order valence-electron chi connectivity index (χ4n) is 3.53. The predicted octanol–water partition coefficient (Wildman–Crippen LogP) is 3.60. The Labute approximate surface area is 181 Å². The van der Waals surface area contributed by atoms with Crippen LogP contribution in [-0.2, 0) is 9.59 Å². The van der Waals surface area contributed by atoms with Crippen molar-refractivity contribution < 1.29 is 23.8 Å². The number of hydrogen-bond acceptors (Lipinski definition) is 5. The topological polar surface area (TPSA) is 70.1 Å². The van der Waals surface area contributed by atoms with E-state index >= 15 is 0 Å². The Balaban J connectivity index is 2.08. The standard InChI is InChI=1S/C24H27FN2O4/c1-15(2)31-19-11-7-16(8-12-19)21-20(22(28)17-5-9-18(25)10-6-17)23(29)24(30)27(21)14-13-26(3)4/h5-12,15,21,28H,13-14H2,1-4H3/b22-20+/t21-/m1/s1. The molecule has 1 amide bonds. The van der Waals surface area contributed by atoms with Gasteiger partial charge < -0.3 is 19.6 Å². The van der Waals surface area contributed by atoms with E-state index in [0.717, 1.165) is 0 Å². The highest BCUT2D eigenvalue weighted by molar-refractivity contribution is 6.46. The number of amides is 1. The van der Waals surface area contributed by atoms with Gasteiger partial charge in [0.05, 0.1) is 17.7 Å². The van der Waals surface area contributed by atoms with E-state index in [-0.39, 0.29) is 23.0 Å². The van der Waals surface area contributed by atoms with Gasteiger partial charge in [-0.15, -0.1) is 0 Å². The van der Waals surface area contributed by atoms with E-state index in [9.17, 15) is 19.1 Å². The highest BCUT2D eigenvalue weighted by atomic mass is 19.1. The first-order valence-corrected chi connectivity index (χ1v) is 10.1. The van der Waals surface area contributed by atoms with Crippen LogP contribution in [0.1, 0.15) is 31.0 Å². The Morgan fingerprint density at radius 3 is 2.26 bits per heavy atom. The van der Waals surface area contributed by atoms with Gasteiger partial charge in [0.1, 0.15) is 17.3 Å². The van der Waals surface area contributed by atoms with Gasteiger partial charge in [-0.05, 0) is 69.9 Å². The number of likely N-dealkylation sites (N-methyl/N-ethyl adjacent to an activating group) is 1. The third-order valence-electron chi connectivity index (χ3n) is 5.01. The Hall–Kier alpha value is -3.19. The van der Waals surface area contributed by atoms with Crippen LogP contribution in [0.15, 0.2) is 54.1 Å². The van der Waals surface area contributed by atoms with Crippen LogP contribution in [-0.4, -0.2) is 59.9 Å². The van der Waals surface area contributed by atoms with Crippen LogP contribution < -0.4 is 4.74 Å². The van der Waals surface area contributed by atoms with Gasteiger partial charge in [0.25, 0.3) is 11.7 Å². The molecule has 1 aliphatic heterocycles. The number of aliphatic hydroxyl groups excluding tert-OH is 1. The first kappa shape index (κ1) is 22.5. The number of nitrogens with zero attached hydrogens (tertiary/aromatic N) is 2. The number of hydrogen-bond donors (Lipinski definition) is 1. The van der Waals surface area contributed by atoms with Gasteiger partial charge in [0, 0.05) is 18.7 Å². The maximum absolute atomic E-state index is 13.3.